The average Bonchev–Trinajstić information content (AvgIpc) is 3.05. The Bertz CT molecular complexity index is 499. The number of carbonyl (C=O) groups is 1. The average molecular weight is 322 g/mol. The molecule has 2 N–H and O–H groups in total. The zero-order valence-corrected chi connectivity index (χ0v) is 13.6. The first-order chi connectivity index (χ1) is 10.7. The SMILES string of the molecule is CCCOc1ccc(C(=O)NC(=S)NC[C@@H]2CCCO2)cc1. The third-order valence-corrected chi connectivity index (χ3v) is 3.58. The molecule has 0 saturated carbocycles. The van der Waals surface area contributed by atoms with Crippen LogP contribution in [-0.4, -0.2) is 36.9 Å². The standard InChI is InChI=1S/C16H22N2O3S/c1-2-9-20-13-7-5-12(6-8-13)15(19)18-16(22)17-11-14-4-3-10-21-14/h5-8,14H,2-4,9-11H2,1H3,(H2,17,18,19,22)/t14-/m0/s1. The van der Waals surface area contributed by atoms with Crippen LogP contribution in [-0.2, 0) is 4.74 Å². The summed E-state index contributed by atoms with van der Waals surface area (Å²) in [6, 6.07) is 7.02. The van der Waals surface area contributed by atoms with Crippen molar-refractivity contribution in [1.82, 2.24) is 10.6 Å². The molecule has 1 fully saturated rings. The van der Waals surface area contributed by atoms with Gasteiger partial charge in [0.1, 0.15) is 5.75 Å². The summed E-state index contributed by atoms with van der Waals surface area (Å²) in [5, 5.41) is 6.01. The van der Waals surface area contributed by atoms with E-state index in [1.54, 1.807) is 24.3 Å². The Labute approximate surface area is 136 Å². The Morgan fingerprint density at radius 2 is 2.18 bits per heavy atom. The van der Waals surface area contributed by atoms with Gasteiger partial charge in [-0.25, -0.2) is 0 Å². The molecule has 5 nitrogen and oxygen atoms in total. The predicted octanol–water partition coefficient (Wildman–Crippen LogP) is 2.26. The molecule has 0 unspecified atom stereocenters. The van der Waals surface area contributed by atoms with Gasteiger partial charge in [-0.05, 0) is 55.7 Å². The van der Waals surface area contributed by atoms with Crippen molar-refractivity contribution in [3.63, 3.8) is 0 Å². The van der Waals surface area contributed by atoms with Crippen LogP contribution in [0.5, 0.6) is 5.75 Å². The second-order valence-corrected chi connectivity index (χ2v) is 5.58. The maximum atomic E-state index is 12.1. The van der Waals surface area contributed by atoms with E-state index in [1.807, 2.05) is 6.92 Å². The van der Waals surface area contributed by atoms with Crippen LogP contribution < -0.4 is 15.4 Å². The van der Waals surface area contributed by atoms with Gasteiger partial charge in [-0.2, -0.15) is 0 Å². The number of ether oxygens (including phenoxy) is 2. The first kappa shape index (κ1) is 16.7. The second kappa shape index (κ2) is 8.70. The first-order valence-electron chi connectivity index (χ1n) is 7.62. The van der Waals surface area contributed by atoms with E-state index in [2.05, 4.69) is 10.6 Å². The van der Waals surface area contributed by atoms with Crippen LogP contribution in [0.2, 0.25) is 0 Å². The van der Waals surface area contributed by atoms with Crippen molar-refractivity contribution in [2.24, 2.45) is 0 Å². The third kappa shape index (κ3) is 5.27. The number of amides is 1. The van der Waals surface area contributed by atoms with Crippen LogP contribution in [0.15, 0.2) is 24.3 Å². The number of hydrogen-bond acceptors (Lipinski definition) is 4. The summed E-state index contributed by atoms with van der Waals surface area (Å²) in [4.78, 5) is 12.1. The molecule has 0 bridgehead atoms. The van der Waals surface area contributed by atoms with Gasteiger partial charge in [-0.3, -0.25) is 10.1 Å². The Morgan fingerprint density at radius 3 is 2.82 bits per heavy atom. The van der Waals surface area contributed by atoms with Crippen molar-refractivity contribution < 1.29 is 14.3 Å². The highest BCUT2D eigenvalue weighted by Gasteiger charge is 2.16. The van der Waals surface area contributed by atoms with Crippen LogP contribution in [0.25, 0.3) is 0 Å². The first-order valence-corrected chi connectivity index (χ1v) is 8.03. The molecule has 6 heteroatoms. The van der Waals surface area contributed by atoms with Crippen molar-refractivity contribution in [2.45, 2.75) is 32.3 Å². The molecule has 0 aliphatic carbocycles. The zero-order valence-electron chi connectivity index (χ0n) is 12.8. The minimum Gasteiger partial charge on any atom is -0.494 e. The maximum absolute atomic E-state index is 12.1. The number of rotatable bonds is 6. The Hall–Kier alpha value is -1.66. The molecule has 2 rings (SSSR count). The van der Waals surface area contributed by atoms with Crippen molar-refractivity contribution in [3.8, 4) is 5.75 Å². The Kier molecular flexibility index (Phi) is 6.61. The second-order valence-electron chi connectivity index (χ2n) is 5.17. The topological polar surface area (TPSA) is 59.6 Å². The lowest BCUT2D eigenvalue weighted by Crippen LogP contribution is -2.42. The summed E-state index contributed by atoms with van der Waals surface area (Å²) in [6.07, 6.45) is 3.25. The highest BCUT2D eigenvalue weighted by molar-refractivity contribution is 7.80. The van der Waals surface area contributed by atoms with Gasteiger partial charge < -0.3 is 14.8 Å². The molecule has 0 aromatic heterocycles. The minimum absolute atomic E-state index is 0.185. The lowest BCUT2D eigenvalue weighted by atomic mass is 10.2. The molecule has 1 atom stereocenters. The van der Waals surface area contributed by atoms with E-state index in [0.29, 0.717) is 23.8 Å². The van der Waals surface area contributed by atoms with Crippen LogP contribution in [0.3, 0.4) is 0 Å². The summed E-state index contributed by atoms with van der Waals surface area (Å²) >= 11 is 5.12. The highest BCUT2D eigenvalue weighted by Crippen LogP contribution is 2.12. The number of benzene rings is 1. The van der Waals surface area contributed by atoms with Gasteiger partial charge in [-0.1, -0.05) is 6.92 Å². The van der Waals surface area contributed by atoms with E-state index >= 15 is 0 Å². The molecule has 1 aromatic carbocycles. The lowest BCUT2D eigenvalue weighted by molar-refractivity contribution is 0.0973. The molecule has 22 heavy (non-hydrogen) atoms. The van der Waals surface area contributed by atoms with Crippen molar-refractivity contribution in [2.75, 3.05) is 19.8 Å². The normalized spacial score (nSPS) is 17.0. The van der Waals surface area contributed by atoms with Crippen molar-refractivity contribution in [3.05, 3.63) is 29.8 Å². The molecule has 1 aliphatic heterocycles. The quantitative estimate of drug-likeness (QED) is 0.787. The van der Waals surface area contributed by atoms with Crippen molar-refractivity contribution in [1.29, 1.82) is 0 Å². The smallest absolute Gasteiger partial charge is 0.257 e. The van der Waals surface area contributed by atoms with E-state index in [4.69, 9.17) is 21.7 Å². The predicted molar refractivity (Wildman–Crippen MR) is 89.3 cm³/mol. The van der Waals surface area contributed by atoms with E-state index in [-0.39, 0.29) is 12.0 Å². The molecule has 1 aromatic rings. The minimum atomic E-state index is -0.230. The molecule has 1 aliphatic rings. The number of thiocarbonyl (C=S) groups is 1. The Balaban J connectivity index is 1.76. The largest absolute Gasteiger partial charge is 0.494 e. The molecule has 1 heterocycles. The fraction of sp³-hybridized carbons (Fsp3) is 0.500. The maximum Gasteiger partial charge on any atom is 0.257 e. The summed E-state index contributed by atoms with van der Waals surface area (Å²) in [7, 11) is 0. The van der Waals surface area contributed by atoms with Gasteiger partial charge in [0, 0.05) is 18.7 Å². The summed E-state index contributed by atoms with van der Waals surface area (Å²) < 4.78 is 11.0. The lowest BCUT2D eigenvalue weighted by Gasteiger charge is -2.13. The summed E-state index contributed by atoms with van der Waals surface area (Å²) in [6.45, 7) is 4.15. The van der Waals surface area contributed by atoms with Gasteiger partial charge in [0.25, 0.3) is 5.91 Å². The van der Waals surface area contributed by atoms with E-state index < -0.39 is 0 Å². The van der Waals surface area contributed by atoms with Crippen molar-refractivity contribution >= 4 is 23.2 Å². The molecule has 120 valence electrons. The van der Waals surface area contributed by atoms with E-state index in [9.17, 15) is 4.79 Å². The molecule has 0 spiro atoms. The summed E-state index contributed by atoms with van der Waals surface area (Å²) in [5.41, 5.74) is 0.546. The number of carbonyl (C=O) groups excluding carboxylic acids is 1. The molecular weight excluding hydrogens is 300 g/mol. The fourth-order valence-electron chi connectivity index (χ4n) is 2.15. The van der Waals surface area contributed by atoms with Gasteiger partial charge in [-0.15, -0.1) is 0 Å². The zero-order chi connectivity index (χ0) is 15.8. The van der Waals surface area contributed by atoms with Crippen LogP contribution in [0, 0.1) is 0 Å². The Morgan fingerprint density at radius 1 is 1.41 bits per heavy atom. The highest BCUT2D eigenvalue weighted by atomic mass is 32.1. The van der Waals surface area contributed by atoms with E-state index in [0.717, 1.165) is 31.6 Å². The van der Waals surface area contributed by atoms with Gasteiger partial charge in [0.05, 0.1) is 12.7 Å². The molecule has 0 radical (unpaired) electrons. The molecular formula is C16H22N2O3S. The molecule has 1 amide bonds. The van der Waals surface area contributed by atoms with Crippen LogP contribution in [0.1, 0.15) is 36.5 Å². The third-order valence-electron chi connectivity index (χ3n) is 3.33. The monoisotopic (exact) mass is 322 g/mol. The van der Waals surface area contributed by atoms with Crippen LogP contribution in [0.4, 0.5) is 0 Å². The fourth-order valence-corrected chi connectivity index (χ4v) is 2.33. The van der Waals surface area contributed by atoms with Gasteiger partial charge in [0.15, 0.2) is 5.11 Å². The number of hydrogen-bond donors (Lipinski definition) is 2. The number of nitrogens with one attached hydrogen (secondary N) is 2. The molecule has 1 saturated heterocycles. The van der Waals surface area contributed by atoms with Crippen LogP contribution >= 0.6 is 12.2 Å². The van der Waals surface area contributed by atoms with E-state index in [1.165, 1.54) is 0 Å². The van der Waals surface area contributed by atoms with Gasteiger partial charge in [0.2, 0.25) is 0 Å². The summed E-state index contributed by atoms with van der Waals surface area (Å²) in [5.74, 6) is 0.532. The van der Waals surface area contributed by atoms with Gasteiger partial charge >= 0.3 is 0 Å².